The molecule has 0 aliphatic carbocycles. The Kier molecular flexibility index (Phi) is 4.53. The Bertz CT molecular complexity index is 657. The fourth-order valence-corrected chi connectivity index (χ4v) is 3.47. The van der Waals surface area contributed by atoms with Gasteiger partial charge in [-0.2, -0.15) is 0 Å². The van der Waals surface area contributed by atoms with E-state index in [9.17, 15) is 18.0 Å². The van der Waals surface area contributed by atoms with E-state index < -0.39 is 27.9 Å². The van der Waals surface area contributed by atoms with Crippen LogP contribution in [0.5, 0.6) is 0 Å². The predicted molar refractivity (Wildman–Crippen MR) is 78.0 cm³/mol. The van der Waals surface area contributed by atoms with Gasteiger partial charge in [-0.05, 0) is 24.1 Å². The standard InChI is InChI=1S/C13H15ClN2O4S/c1-21(19,20)16-11(6-7-12(16)17)13(18)15-8-9-2-4-10(14)5-3-9/h2-5,11H,6-8H2,1H3,(H,15,18). The van der Waals surface area contributed by atoms with E-state index in [-0.39, 0.29) is 19.4 Å². The fraction of sp³-hybridized carbons (Fsp3) is 0.385. The summed E-state index contributed by atoms with van der Waals surface area (Å²) in [5, 5.41) is 3.23. The van der Waals surface area contributed by atoms with Crippen LogP contribution in [0.25, 0.3) is 0 Å². The summed E-state index contributed by atoms with van der Waals surface area (Å²) in [4.78, 5) is 23.7. The van der Waals surface area contributed by atoms with Crippen molar-refractivity contribution < 1.29 is 18.0 Å². The van der Waals surface area contributed by atoms with Crippen molar-refractivity contribution in [2.75, 3.05) is 6.26 Å². The molecule has 1 fully saturated rings. The van der Waals surface area contributed by atoms with E-state index in [2.05, 4.69) is 5.32 Å². The van der Waals surface area contributed by atoms with E-state index >= 15 is 0 Å². The van der Waals surface area contributed by atoms with Crippen molar-refractivity contribution in [2.45, 2.75) is 25.4 Å². The third-order valence-electron chi connectivity index (χ3n) is 3.20. The van der Waals surface area contributed by atoms with Crippen LogP contribution in [0.2, 0.25) is 5.02 Å². The van der Waals surface area contributed by atoms with Gasteiger partial charge >= 0.3 is 0 Å². The quantitative estimate of drug-likeness (QED) is 0.889. The van der Waals surface area contributed by atoms with E-state index in [4.69, 9.17) is 11.6 Å². The van der Waals surface area contributed by atoms with Crippen LogP contribution in [0.1, 0.15) is 18.4 Å². The molecule has 21 heavy (non-hydrogen) atoms. The van der Waals surface area contributed by atoms with Crippen molar-refractivity contribution >= 4 is 33.4 Å². The highest BCUT2D eigenvalue weighted by atomic mass is 35.5. The van der Waals surface area contributed by atoms with E-state index in [0.717, 1.165) is 11.8 Å². The van der Waals surface area contributed by atoms with Crippen LogP contribution in [0.15, 0.2) is 24.3 Å². The van der Waals surface area contributed by atoms with Crippen LogP contribution in [-0.2, 0) is 26.2 Å². The van der Waals surface area contributed by atoms with Crippen LogP contribution in [0.4, 0.5) is 0 Å². The van der Waals surface area contributed by atoms with Gasteiger partial charge < -0.3 is 5.32 Å². The molecule has 1 atom stereocenters. The molecule has 1 aromatic rings. The molecule has 1 unspecified atom stereocenters. The first-order valence-electron chi connectivity index (χ1n) is 6.33. The van der Waals surface area contributed by atoms with Gasteiger partial charge in [-0.1, -0.05) is 23.7 Å². The molecular formula is C13H15ClN2O4S. The molecule has 0 bridgehead atoms. The smallest absolute Gasteiger partial charge is 0.244 e. The molecular weight excluding hydrogens is 316 g/mol. The highest BCUT2D eigenvalue weighted by molar-refractivity contribution is 7.89. The van der Waals surface area contributed by atoms with Gasteiger partial charge in [0.25, 0.3) is 0 Å². The average Bonchev–Trinajstić information content (AvgIpc) is 2.79. The zero-order chi connectivity index (χ0) is 15.6. The van der Waals surface area contributed by atoms with Crippen molar-refractivity contribution in [2.24, 2.45) is 0 Å². The van der Waals surface area contributed by atoms with Crippen molar-refractivity contribution in [1.29, 1.82) is 0 Å². The van der Waals surface area contributed by atoms with E-state index in [1.54, 1.807) is 24.3 Å². The Morgan fingerprint density at radius 3 is 2.57 bits per heavy atom. The monoisotopic (exact) mass is 330 g/mol. The maximum absolute atomic E-state index is 12.1. The number of halogens is 1. The van der Waals surface area contributed by atoms with Gasteiger partial charge in [0.15, 0.2) is 0 Å². The Hall–Kier alpha value is -1.60. The number of hydrogen-bond acceptors (Lipinski definition) is 4. The molecule has 0 spiro atoms. The summed E-state index contributed by atoms with van der Waals surface area (Å²) < 4.78 is 23.8. The number of rotatable bonds is 4. The summed E-state index contributed by atoms with van der Waals surface area (Å²) in [5.74, 6) is -1.01. The molecule has 0 radical (unpaired) electrons. The summed E-state index contributed by atoms with van der Waals surface area (Å²) in [6.07, 6.45) is 1.19. The molecule has 1 aliphatic rings. The lowest BCUT2D eigenvalue weighted by Gasteiger charge is -2.21. The topological polar surface area (TPSA) is 83.6 Å². The number of hydrogen-bond donors (Lipinski definition) is 1. The second-order valence-electron chi connectivity index (χ2n) is 4.85. The van der Waals surface area contributed by atoms with Gasteiger partial charge in [0.2, 0.25) is 21.8 Å². The molecule has 0 aromatic heterocycles. The van der Waals surface area contributed by atoms with Crippen LogP contribution in [0.3, 0.4) is 0 Å². The first-order chi connectivity index (χ1) is 9.79. The second-order valence-corrected chi connectivity index (χ2v) is 7.15. The van der Waals surface area contributed by atoms with Gasteiger partial charge in [0.05, 0.1) is 6.26 Å². The third-order valence-corrected chi connectivity index (χ3v) is 4.63. The molecule has 2 rings (SSSR count). The molecule has 1 saturated heterocycles. The lowest BCUT2D eigenvalue weighted by molar-refractivity contribution is -0.130. The summed E-state index contributed by atoms with van der Waals surface area (Å²) in [6.45, 7) is 0.248. The number of sulfonamides is 1. The minimum atomic E-state index is -3.73. The normalized spacial score (nSPS) is 18.9. The Morgan fingerprint density at radius 1 is 1.38 bits per heavy atom. The summed E-state index contributed by atoms with van der Waals surface area (Å²) in [5.41, 5.74) is 0.836. The summed E-state index contributed by atoms with van der Waals surface area (Å²) in [7, 11) is -3.73. The maximum atomic E-state index is 12.1. The van der Waals surface area contributed by atoms with Crippen LogP contribution >= 0.6 is 11.6 Å². The van der Waals surface area contributed by atoms with Gasteiger partial charge in [-0.25, -0.2) is 12.7 Å². The zero-order valence-corrected chi connectivity index (χ0v) is 12.9. The fourth-order valence-electron chi connectivity index (χ4n) is 2.22. The third kappa shape index (κ3) is 3.74. The van der Waals surface area contributed by atoms with Gasteiger partial charge in [0.1, 0.15) is 6.04 Å². The van der Waals surface area contributed by atoms with Crippen molar-refractivity contribution in [3.63, 3.8) is 0 Å². The molecule has 2 amide bonds. The molecule has 1 aliphatic heterocycles. The van der Waals surface area contributed by atoms with Crippen molar-refractivity contribution in [3.05, 3.63) is 34.9 Å². The van der Waals surface area contributed by atoms with E-state index in [1.165, 1.54) is 0 Å². The molecule has 1 aromatic carbocycles. The maximum Gasteiger partial charge on any atom is 0.244 e. The first kappa shape index (κ1) is 15.8. The van der Waals surface area contributed by atoms with Crippen molar-refractivity contribution in [1.82, 2.24) is 9.62 Å². The van der Waals surface area contributed by atoms with Crippen molar-refractivity contribution in [3.8, 4) is 0 Å². The number of amides is 2. The molecule has 1 N–H and O–H groups in total. The zero-order valence-electron chi connectivity index (χ0n) is 11.4. The van der Waals surface area contributed by atoms with Gasteiger partial charge in [-0.15, -0.1) is 0 Å². The van der Waals surface area contributed by atoms with Crippen LogP contribution < -0.4 is 5.32 Å². The van der Waals surface area contributed by atoms with Gasteiger partial charge in [0, 0.05) is 18.0 Å². The Morgan fingerprint density at radius 2 is 2.00 bits per heavy atom. The average molecular weight is 331 g/mol. The lowest BCUT2D eigenvalue weighted by atomic mass is 10.2. The van der Waals surface area contributed by atoms with E-state index in [0.29, 0.717) is 9.33 Å². The predicted octanol–water partition coefficient (Wildman–Crippen LogP) is 0.907. The number of carbonyl (C=O) groups is 2. The number of carbonyl (C=O) groups excluding carboxylic acids is 2. The summed E-state index contributed by atoms with van der Waals surface area (Å²) >= 11 is 5.77. The number of nitrogens with zero attached hydrogens (tertiary/aromatic N) is 1. The molecule has 0 saturated carbocycles. The molecule has 1 heterocycles. The SMILES string of the molecule is CS(=O)(=O)N1C(=O)CCC1C(=O)NCc1ccc(Cl)cc1. The minimum absolute atomic E-state index is 0.0616. The first-order valence-corrected chi connectivity index (χ1v) is 8.56. The number of benzene rings is 1. The largest absolute Gasteiger partial charge is 0.350 e. The second kappa shape index (κ2) is 6.03. The molecule has 114 valence electrons. The summed E-state index contributed by atoms with van der Waals surface area (Å²) in [6, 6.07) is 5.96. The van der Waals surface area contributed by atoms with Crippen LogP contribution in [-0.4, -0.2) is 36.8 Å². The highest BCUT2D eigenvalue weighted by Crippen LogP contribution is 2.22. The Balaban J connectivity index is 2.03. The highest BCUT2D eigenvalue weighted by Gasteiger charge is 2.41. The van der Waals surface area contributed by atoms with Gasteiger partial charge in [-0.3, -0.25) is 9.59 Å². The minimum Gasteiger partial charge on any atom is -0.350 e. The Labute approximate surface area is 128 Å². The lowest BCUT2D eigenvalue weighted by Crippen LogP contribution is -2.46. The molecule has 8 heteroatoms. The molecule has 6 nitrogen and oxygen atoms in total. The van der Waals surface area contributed by atoms with Crippen LogP contribution in [0, 0.1) is 0 Å². The number of nitrogens with one attached hydrogen (secondary N) is 1. The van der Waals surface area contributed by atoms with E-state index in [1.807, 2.05) is 0 Å².